The highest BCUT2D eigenvalue weighted by molar-refractivity contribution is 7.13. The highest BCUT2D eigenvalue weighted by Gasteiger charge is 2.34. The molecule has 0 saturated carbocycles. The third-order valence-electron chi connectivity index (χ3n) is 4.76. The van der Waals surface area contributed by atoms with E-state index in [1.807, 2.05) is 24.3 Å². The largest absolute Gasteiger partial charge is 0.481 e. The summed E-state index contributed by atoms with van der Waals surface area (Å²) in [5.74, 6) is -0.853. The minimum atomic E-state index is -4.48. The van der Waals surface area contributed by atoms with Crippen molar-refractivity contribution in [3.63, 3.8) is 0 Å². The van der Waals surface area contributed by atoms with E-state index in [9.17, 15) is 18.0 Å². The number of thiophene rings is 1. The van der Waals surface area contributed by atoms with Crippen LogP contribution in [-0.2, 0) is 29.0 Å². The van der Waals surface area contributed by atoms with Gasteiger partial charge in [-0.2, -0.15) is 13.2 Å². The number of carbonyl (C=O) groups is 1. The number of aliphatic carboxylic acids is 1. The number of carboxylic acids is 1. The van der Waals surface area contributed by atoms with Gasteiger partial charge in [-0.1, -0.05) is 49.0 Å². The molecule has 0 aliphatic carbocycles. The number of halogens is 3. The Bertz CT molecular complexity index is 1080. The van der Waals surface area contributed by atoms with E-state index < -0.39 is 17.7 Å². The van der Waals surface area contributed by atoms with Crippen molar-refractivity contribution in [2.24, 2.45) is 0 Å². The van der Waals surface area contributed by atoms with Crippen molar-refractivity contribution >= 4 is 23.0 Å². The van der Waals surface area contributed by atoms with Crippen LogP contribution in [0.3, 0.4) is 0 Å². The maximum Gasteiger partial charge on any atom is 0.417 e. The fraction of sp³-hybridized carbons (Fsp3) is 0.208. The molecule has 3 aromatic rings. The van der Waals surface area contributed by atoms with E-state index in [1.165, 1.54) is 17.4 Å². The molecule has 3 N–H and O–H groups in total. The lowest BCUT2D eigenvalue weighted by Crippen LogP contribution is -2.17. The number of hydrogen-bond donors (Lipinski definition) is 3. The molecule has 2 aromatic carbocycles. The summed E-state index contributed by atoms with van der Waals surface area (Å²) < 4.78 is 40.7. The van der Waals surface area contributed by atoms with Gasteiger partial charge in [0.25, 0.3) is 0 Å². The van der Waals surface area contributed by atoms with Gasteiger partial charge in [-0.25, -0.2) is 0 Å². The van der Waals surface area contributed by atoms with Gasteiger partial charge in [0.05, 0.1) is 24.3 Å². The van der Waals surface area contributed by atoms with Gasteiger partial charge in [0.2, 0.25) is 0 Å². The standard InChI is InChI=1S/C24H23F3N2O3S/c1-16(19-7-4-17(5-8-19)14-28-11-10-23(30)31)29-32-15-18-6-9-20(22-3-2-12-33-22)21(13-18)24(25,26)27/h2-9,12-13,28-29H,1,10-11,14-15H2,(H,30,31). The minimum Gasteiger partial charge on any atom is -0.481 e. The van der Waals surface area contributed by atoms with Crippen LogP contribution in [0.15, 0.2) is 66.6 Å². The summed E-state index contributed by atoms with van der Waals surface area (Å²) in [5.41, 5.74) is 4.71. The molecule has 0 aliphatic rings. The summed E-state index contributed by atoms with van der Waals surface area (Å²) in [6.45, 7) is 4.73. The zero-order valence-electron chi connectivity index (χ0n) is 17.6. The lowest BCUT2D eigenvalue weighted by atomic mass is 10.0. The number of nitrogens with one attached hydrogen (secondary N) is 2. The Morgan fingerprint density at radius 3 is 2.45 bits per heavy atom. The Hall–Kier alpha value is -3.14. The molecule has 1 aromatic heterocycles. The number of hydroxylamine groups is 1. The number of hydrogen-bond acceptors (Lipinski definition) is 5. The average molecular weight is 477 g/mol. The zero-order chi connectivity index (χ0) is 23.8. The minimum absolute atomic E-state index is 0.0529. The van der Waals surface area contributed by atoms with Gasteiger partial charge in [0.15, 0.2) is 0 Å². The first kappa shape index (κ1) is 24.5. The van der Waals surface area contributed by atoms with Gasteiger partial charge in [-0.05, 0) is 34.2 Å². The second-order valence-electron chi connectivity index (χ2n) is 7.24. The third-order valence-corrected chi connectivity index (χ3v) is 5.66. The van der Waals surface area contributed by atoms with E-state index in [2.05, 4.69) is 17.4 Å². The van der Waals surface area contributed by atoms with Crippen LogP contribution < -0.4 is 10.8 Å². The van der Waals surface area contributed by atoms with Crippen LogP contribution in [0.1, 0.15) is 28.7 Å². The van der Waals surface area contributed by atoms with E-state index in [0.29, 0.717) is 29.2 Å². The molecule has 0 saturated heterocycles. The summed E-state index contributed by atoms with van der Waals surface area (Å²) in [7, 11) is 0. The molecule has 0 atom stereocenters. The van der Waals surface area contributed by atoms with E-state index in [4.69, 9.17) is 9.94 Å². The average Bonchev–Trinajstić information content (AvgIpc) is 3.31. The molecule has 0 amide bonds. The molecule has 3 rings (SSSR count). The van der Waals surface area contributed by atoms with Gasteiger partial charge in [-0.15, -0.1) is 11.3 Å². The van der Waals surface area contributed by atoms with Crippen molar-refractivity contribution in [1.29, 1.82) is 0 Å². The topological polar surface area (TPSA) is 70.6 Å². The SMILES string of the molecule is C=C(NOCc1ccc(-c2cccs2)c(C(F)(F)F)c1)c1ccc(CNCCC(=O)O)cc1. The summed E-state index contributed by atoms with van der Waals surface area (Å²) in [6.07, 6.45) is -4.42. The van der Waals surface area contributed by atoms with Gasteiger partial charge < -0.3 is 10.4 Å². The molecular formula is C24H23F3N2O3S. The molecule has 0 fully saturated rings. The van der Waals surface area contributed by atoms with Gasteiger partial charge >= 0.3 is 12.1 Å². The van der Waals surface area contributed by atoms with Crippen LogP contribution in [0, 0.1) is 0 Å². The van der Waals surface area contributed by atoms with Gasteiger partial charge in [0.1, 0.15) is 0 Å². The van der Waals surface area contributed by atoms with Crippen molar-refractivity contribution in [3.05, 3.63) is 88.8 Å². The first-order valence-electron chi connectivity index (χ1n) is 10.1. The Kier molecular flexibility index (Phi) is 8.26. The second kappa shape index (κ2) is 11.1. The van der Waals surface area contributed by atoms with Crippen LogP contribution >= 0.6 is 11.3 Å². The van der Waals surface area contributed by atoms with Crippen LogP contribution in [0.5, 0.6) is 0 Å². The molecule has 0 bridgehead atoms. The van der Waals surface area contributed by atoms with Crippen molar-refractivity contribution in [1.82, 2.24) is 10.8 Å². The first-order valence-corrected chi connectivity index (χ1v) is 10.9. The summed E-state index contributed by atoms with van der Waals surface area (Å²) >= 11 is 1.26. The molecule has 0 aliphatic heterocycles. The predicted molar refractivity (Wildman–Crippen MR) is 122 cm³/mol. The Morgan fingerprint density at radius 2 is 1.82 bits per heavy atom. The van der Waals surface area contributed by atoms with Crippen molar-refractivity contribution < 1.29 is 27.9 Å². The third kappa shape index (κ3) is 7.18. The second-order valence-corrected chi connectivity index (χ2v) is 8.19. The van der Waals surface area contributed by atoms with E-state index in [-0.39, 0.29) is 18.6 Å². The number of rotatable bonds is 11. The predicted octanol–water partition coefficient (Wildman–Crippen LogP) is 5.69. The van der Waals surface area contributed by atoms with Gasteiger partial charge in [-0.3, -0.25) is 15.1 Å². The molecule has 9 heteroatoms. The molecule has 33 heavy (non-hydrogen) atoms. The van der Waals surface area contributed by atoms with E-state index >= 15 is 0 Å². The smallest absolute Gasteiger partial charge is 0.417 e. The van der Waals surface area contributed by atoms with Crippen LogP contribution in [0.2, 0.25) is 0 Å². The van der Waals surface area contributed by atoms with Crippen molar-refractivity contribution in [2.75, 3.05) is 6.54 Å². The molecule has 174 valence electrons. The van der Waals surface area contributed by atoms with Crippen molar-refractivity contribution in [3.8, 4) is 10.4 Å². The fourth-order valence-electron chi connectivity index (χ4n) is 3.08. The Morgan fingerprint density at radius 1 is 1.09 bits per heavy atom. The first-order chi connectivity index (χ1) is 15.7. The van der Waals surface area contributed by atoms with Crippen LogP contribution in [0.4, 0.5) is 13.2 Å². The monoisotopic (exact) mass is 476 g/mol. The molecule has 1 heterocycles. The Labute approximate surface area is 193 Å². The van der Waals surface area contributed by atoms with Gasteiger partial charge in [0, 0.05) is 23.5 Å². The van der Waals surface area contributed by atoms with E-state index in [0.717, 1.165) is 17.2 Å². The molecule has 0 radical (unpaired) electrons. The highest BCUT2D eigenvalue weighted by Crippen LogP contribution is 2.39. The lowest BCUT2D eigenvalue weighted by molar-refractivity contribution is -0.138. The molecule has 0 spiro atoms. The molecular weight excluding hydrogens is 453 g/mol. The maximum absolute atomic E-state index is 13.6. The van der Waals surface area contributed by atoms with Crippen LogP contribution in [-0.4, -0.2) is 17.6 Å². The number of alkyl halides is 3. The van der Waals surface area contributed by atoms with E-state index in [1.54, 1.807) is 23.6 Å². The quantitative estimate of drug-likeness (QED) is 0.245. The van der Waals surface area contributed by atoms with Crippen LogP contribution in [0.25, 0.3) is 16.1 Å². The fourth-order valence-corrected chi connectivity index (χ4v) is 3.85. The molecule has 0 unspecified atom stereocenters. The van der Waals surface area contributed by atoms with Crippen molar-refractivity contribution in [2.45, 2.75) is 25.7 Å². The summed E-state index contributed by atoms with van der Waals surface area (Å²) in [6, 6.07) is 14.9. The Balaban J connectivity index is 1.54. The lowest BCUT2D eigenvalue weighted by Gasteiger charge is -2.15. The normalized spacial score (nSPS) is 11.4. The molecule has 5 nitrogen and oxygen atoms in total. The number of benzene rings is 2. The summed E-state index contributed by atoms with van der Waals surface area (Å²) in [5, 5.41) is 13.4. The zero-order valence-corrected chi connectivity index (χ0v) is 18.4. The highest BCUT2D eigenvalue weighted by atomic mass is 32.1. The maximum atomic E-state index is 13.6. The summed E-state index contributed by atoms with van der Waals surface area (Å²) in [4.78, 5) is 16.5. The number of carboxylic acid groups (broad SMARTS) is 1.